The Hall–Kier alpha value is -4.34. The van der Waals surface area contributed by atoms with Gasteiger partial charge in [-0.1, -0.05) is 30.8 Å². The number of anilines is 2. The van der Waals surface area contributed by atoms with Crippen LogP contribution in [0.3, 0.4) is 0 Å². The van der Waals surface area contributed by atoms with Crippen molar-refractivity contribution in [2.75, 3.05) is 23.7 Å². The van der Waals surface area contributed by atoms with Crippen LogP contribution in [0.15, 0.2) is 43.0 Å². The normalized spacial score (nSPS) is 16.4. The van der Waals surface area contributed by atoms with Gasteiger partial charge in [-0.3, -0.25) is 14.5 Å². The number of nitrogens with zero attached hydrogens (tertiary/aromatic N) is 2. The van der Waals surface area contributed by atoms with E-state index in [0.29, 0.717) is 11.4 Å². The molecule has 2 aromatic rings. The molecule has 0 bridgehead atoms. The van der Waals surface area contributed by atoms with Crippen LogP contribution in [0.1, 0.15) is 35.2 Å². The Kier molecular flexibility index (Phi) is 6.90. The van der Waals surface area contributed by atoms with Crippen molar-refractivity contribution in [2.24, 2.45) is 0 Å². The van der Waals surface area contributed by atoms with Crippen molar-refractivity contribution in [3.63, 3.8) is 0 Å². The van der Waals surface area contributed by atoms with Crippen molar-refractivity contribution in [3.05, 3.63) is 65.2 Å². The molecule has 4 rings (SSSR count). The van der Waals surface area contributed by atoms with E-state index in [1.54, 1.807) is 6.07 Å². The fraction of sp³-hybridized carbons (Fsp3) is 0.250. The minimum atomic E-state index is -1.07. The van der Waals surface area contributed by atoms with E-state index < -0.39 is 24.5 Å². The SMILES string of the molecule is C=C1c2c(C)cccc2NC(=O)N1CC(=O)O.Cc1cccc2c1C(C)N(CC(=O)O)C(=O)N2. The summed E-state index contributed by atoms with van der Waals surface area (Å²) in [7, 11) is 0. The summed E-state index contributed by atoms with van der Waals surface area (Å²) >= 11 is 0. The summed E-state index contributed by atoms with van der Waals surface area (Å²) in [5, 5.41) is 22.9. The van der Waals surface area contributed by atoms with Gasteiger partial charge in [-0.05, 0) is 44.0 Å². The summed E-state index contributed by atoms with van der Waals surface area (Å²) in [6, 6.07) is 10.1. The Morgan fingerprint density at radius 1 is 0.912 bits per heavy atom. The smallest absolute Gasteiger partial charge is 0.326 e. The van der Waals surface area contributed by atoms with Crippen LogP contribution in [0.25, 0.3) is 5.70 Å². The van der Waals surface area contributed by atoms with E-state index in [1.165, 1.54) is 4.90 Å². The highest BCUT2D eigenvalue weighted by Gasteiger charge is 2.31. The highest BCUT2D eigenvalue weighted by molar-refractivity contribution is 6.04. The van der Waals surface area contributed by atoms with Gasteiger partial charge in [0, 0.05) is 22.5 Å². The fourth-order valence-corrected chi connectivity index (χ4v) is 4.12. The Morgan fingerprint density at radius 2 is 1.47 bits per heavy atom. The molecular formula is C24H26N4O6. The van der Waals surface area contributed by atoms with Gasteiger partial charge >= 0.3 is 24.0 Å². The number of carbonyl (C=O) groups is 4. The number of nitrogens with one attached hydrogen (secondary N) is 2. The molecule has 34 heavy (non-hydrogen) atoms. The molecule has 1 unspecified atom stereocenters. The number of aryl methyl sites for hydroxylation is 2. The second-order valence-corrected chi connectivity index (χ2v) is 8.02. The summed E-state index contributed by atoms with van der Waals surface area (Å²) in [5.41, 5.74) is 5.62. The minimum Gasteiger partial charge on any atom is -0.480 e. The molecule has 1 atom stereocenters. The molecule has 10 nitrogen and oxygen atoms in total. The van der Waals surface area contributed by atoms with Crippen molar-refractivity contribution in [1.82, 2.24) is 9.80 Å². The van der Waals surface area contributed by atoms with Crippen LogP contribution in [0.4, 0.5) is 21.0 Å². The molecule has 178 valence electrons. The molecule has 2 aliphatic rings. The van der Waals surface area contributed by atoms with Crippen LogP contribution in [0.2, 0.25) is 0 Å². The van der Waals surface area contributed by atoms with Gasteiger partial charge in [0.2, 0.25) is 0 Å². The number of urea groups is 2. The molecule has 10 heteroatoms. The predicted molar refractivity (Wildman–Crippen MR) is 127 cm³/mol. The molecule has 4 amide bonds. The molecule has 0 spiro atoms. The lowest BCUT2D eigenvalue weighted by Gasteiger charge is -2.35. The largest absolute Gasteiger partial charge is 0.480 e. The van der Waals surface area contributed by atoms with Gasteiger partial charge in [0.1, 0.15) is 13.1 Å². The Balaban J connectivity index is 0.000000191. The number of rotatable bonds is 4. The predicted octanol–water partition coefficient (Wildman–Crippen LogP) is 3.89. The fourth-order valence-electron chi connectivity index (χ4n) is 4.12. The third-order valence-corrected chi connectivity index (χ3v) is 5.68. The first-order valence-electron chi connectivity index (χ1n) is 10.5. The number of carboxylic acids is 2. The van der Waals surface area contributed by atoms with Gasteiger partial charge in [-0.25, -0.2) is 9.59 Å². The molecule has 0 radical (unpaired) electrons. The topological polar surface area (TPSA) is 139 Å². The molecule has 0 fully saturated rings. The van der Waals surface area contributed by atoms with Crippen LogP contribution in [-0.2, 0) is 9.59 Å². The average molecular weight is 466 g/mol. The van der Waals surface area contributed by atoms with Crippen molar-refractivity contribution >= 4 is 41.1 Å². The van der Waals surface area contributed by atoms with E-state index in [1.807, 2.05) is 51.1 Å². The van der Waals surface area contributed by atoms with Crippen LogP contribution in [0.5, 0.6) is 0 Å². The standard InChI is InChI=1S/C12H14N2O3.C12H12N2O3/c2*1-7-4-3-5-9-11(7)8(2)14(6-10(15)16)12(17)13-9/h3-5,8H,6H2,1-2H3,(H,13,17)(H,15,16);3-5H,2,6H2,1H3,(H,13,17)(H,15,16). The van der Waals surface area contributed by atoms with Crippen molar-refractivity contribution in [1.29, 1.82) is 0 Å². The van der Waals surface area contributed by atoms with Crippen LogP contribution in [-0.4, -0.2) is 57.1 Å². The van der Waals surface area contributed by atoms with Gasteiger partial charge in [0.25, 0.3) is 0 Å². The number of hydrogen-bond acceptors (Lipinski definition) is 4. The third kappa shape index (κ3) is 4.85. The first kappa shape index (κ1) is 24.3. The van der Waals surface area contributed by atoms with E-state index in [9.17, 15) is 19.2 Å². The minimum absolute atomic E-state index is 0.226. The van der Waals surface area contributed by atoms with Gasteiger partial charge in [0.05, 0.1) is 11.7 Å². The summed E-state index contributed by atoms with van der Waals surface area (Å²) in [4.78, 5) is 47.3. The summed E-state index contributed by atoms with van der Waals surface area (Å²) in [6.07, 6.45) is 0. The molecule has 0 aliphatic carbocycles. The molecule has 2 aromatic carbocycles. The Morgan fingerprint density at radius 3 is 2.09 bits per heavy atom. The number of benzene rings is 2. The second kappa shape index (κ2) is 9.65. The quantitative estimate of drug-likeness (QED) is 0.539. The Labute approximate surface area is 196 Å². The maximum Gasteiger partial charge on any atom is 0.326 e. The lowest BCUT2D eigenvalue weighted by Crippen LogP contribution is -2.44. The molecule has 0 aromatic heterocycles. The van der Waals surface area contributed by atoms with Crippen molar-refractivity contribution < 1.29 is 29.4 Å². The monoisotopic (exact) mass is 466 g/mol. The maximum atomic E-state index is 11.8. The maximum absolute atomic E-state index is 11.8. The highest BCUT2D eigenvalue weighted by atomic mass is 16.4. The number of hydrogen-bond donors (Lipinski definition) is 4. The van der Waals surface area contributed by atoms with E-state index in [4.69, 9.17) is 10.2 Å². The van der Waals surface area contributed by atoms with Crippen LogP contribution >= 0.6 is 0 Å². The lowest BCUT2D eigenvalue weighted by molar-refractivity contribution is -0.138. The Bertz CT molecular complexity index is 1190. The van der Waals surface area contributed by atoms with Gasteiger partial charge in [0.15, 0.2) is 0 Å². The number of amides is 4. The average Bonchev–Trinajstić information content (AvgIpc) is 2.74. The molecule has 0 saturated carbocycles. The first-order chi connectivity index (χ1) is 16.0. The molecule has 2 aliphatic heterocycles. The number of aliphatic carboxylic acids is 2. The number of carbonyl (C=O) groups excluding carboxylic acids is 2. The number of carboxylic acid groups (broad SMARTS) is 2. The van der Waals surface area contributed by atoms with Crippen LogP contribution < -0.4 is 10.6 Å². The summed E-state index contributed by atoms with van der Waals surface area (Å²) in [5.74, 6) is -2.08. The van der Waals surface area contributed by atoms with E-state index in [0.717, 1.165) is 32.8 Å². The third-order valence-electron chi connectivity index (χ3n) is 5.68. The molecule has 2 heterocycles. The van der Waals surface area contributed by atoms with E-state index in [-0.39, 0.29) is 18.6 Å². The van der Waals surface area contributed by atoms with Crippen LogP contribution in [0, 0.1) is 13.8 Å². The zero-order chi connectivity index (χ0) is 25.2. The van der Waals surface area contributed by atoms with Gasteiger partial charge in [-0.15, -0.1) is 0 Å². The summed E-state index contributed by atoms with van der Waals surface area (Å²) in [6.45, 7) is 8.80. The second-order valence-electron chi connectivity index (χ2n) is 8.02. The van der Waals surface area contributed by atoms with Crippen molar-refractivity contribution in [2.45, 2.75) is 26.8 Å². The van der Waals surface area contributed by atoms with Crippen molar-refractivity contribution in [3.8, 4) is 0 Å². The number of fused-ring (bicyclic) bond motifs is 2. The van der Waals surface area contributed by atoms with Gasteiger partial charge in [-0.2, -0.15) is 0 Å². The summed E-state index contributed by atoms with van der Waals surface area (Å²) < 4.78 is 0. The zero-order valence-electron chi connectivity index (χ0n) is 19.1. The zero-order valence-corrected chi connectivity index (χ0v) is 19.1. The molecule has 0 saturated heterocycles. The lowest BCUT2D eigenvalue weighted by atomic mass is 9.97. The molecular weight excluding hydrogens is 440 g/mol. The van der Waals surface area contributed by atoms with Gasteiger partial charge < -0.3 is 25.7 Å². The van der Waals surface area contributed by atoms with E-state index in [2.05, 4.69) is 17.2 Å². The highest BCUT2D eigenvalue weighted by Crippen LogP contribution is 2.35. The molecule has 4 N–H and O–H groups in total. The van der Waals surface area contributed by atoms with E-state index >= 15 is 0 Å². The first-order valence-corrected chi connectivity index (χ1v) is 10.5.